The van der Waals surface area contributed by atoms with Crippen LogP contribution in [0.25, 0.3) is 5.65 Å². The number of fused-ring (bicyclic) bond motifs is 2. The van der Waals surface area contributed by atoms with Crippen molar-refractivity contribution in [2.75, 3.05) is 19.8 Å². The van der Waals surface area contributed by atoms with Crippen molar-refractivity contribution in [3.8, 4) is 11.5 Å². The summed E-state index contributed by atoms with van der Waals surface area (Å²) in [5.74, 6) is 1.65. The fourth-order valence-electron chi connectivity index (χ4n) is 4.26. The molecule has 3 aromatic rings. The second kappa shape index (κ2) is 6.95. The van der Waals surface area contributed by atoms with Crippen LogP contribution in [0.15, 0.2) is 47.4 Å². The van der Waals surface area contributed by atoms with Crippen molar-refractivity contribution in [2.24, 2.45) is 0 Å². The van der Waals surface area contributed by atoms with Gasteiger partial charge in [0.15, 0.2) is 11.5 Å². The van der Waals surface area contributed by atoms with E-state index in [2.05, 4.69) is 17.0 Å². The number of aryl methyl sites for hydroxylation is 1. The molecular formula is C22H23N3O3. The van der Waals surface area contributed by atoms with Crippen LogP contribution in [0.2, 0.25) is 0 Å². The van der Waals surface area contributed by atoms with Crippen LogP contribution in [0.4, 0.5) is 0 Å². The van der Waals surface area contributed by atoms with Gasteiger partial charge in [0, 0.05) is 24.8 Å². The van der Waals surface area contributed by atoms with Gasteiger partial charge >= 0.3 is 0 Å². The zero-order valence-corrected chi connectivity index (χ0v) is 15.9. The van der Waals surface area contributed by atoms with Gasteiger partial charge in [-0.1, -0.05) is 12.1 Å². The maximum Gasteiger partial charge on any atom is 0.258 e. The number of likely N-dealkylation sites (tertiary alicyclic amines) is 1. The summed E-state index contributed by atoms with van der Waals surface area (Å²) >= 11 is 0. The van der Waals surface area contributed by atoms with Gasteiger partial charge in [-0.15, -0.1) is 0 Å². The van der Waals surface area contributed by atoms with Gasteiger partial charge in [-0.2, -0.15) is 0 Å². The predicted octanol–water partition coefficient (Wildman–Crippen LogP) is 3.11. The van der Waals surface area contributed by atoms with Gasteiger partial charge in [0.05, 0.1) is 5.69 Å². The van der Waals surface area contributed by atoms with Crippen molar-refractivity contribution in [2.45, 2.75) is 32.4 Å². The van der Waals surface area contributed by atoms with E-state index < -0.39 is 0 Å². The molecule has 2 aromatic heterocycles. The molecular weight excluding hydrogens is 354 g/mol. The molecule has 0 saturated carbocycles. The fourth-order valence-corrected chi connectivity index (χ4v) is 4.26. The standard InChI is InChI=1S/C22H23N3O3/c1-15-4-2-9-25-21(26)13-17(23-22(15)25)14-24-8-3-5-18(24)16-6-7-19-20(12-16)28-11-10-27-19/h2,4,6-7,9,12-13,18H,3,5,8,10-11,14H2,1H3. The molecule has 2 aliphatic rings. The molecule has 1 unspecified atom stereocenters. The van der Waals surface area contributed by atoms with Crippen molar-refractivity contribution in [3.63, 3.8) is 0 Å². The topological polar surface area (TPSA) is 56.1 Å². The Morgan fingerprint density at radius 2 is 2.00 bits per heavy atom. The summed E-state index contributed by atoms with van der Waals surface area (Å²) in [6.45, 7) is 4.84. The highest BCUT2D eigenvalue weighted by atomic mass is 16.6. The van der Waals surface area contributed by atoms with E-state index in [0.717, 1.165) is 47.8 Å². The number of hydrogen-bond donors (Lipinski definition) is 0. The Labute approximate surface area is 163 Å². The second-order valence-corrected chi connectivity index (χ2v) is 7.50. The van der Waals surface area contributed by atoms with Gasteiger partial charge in [0.2, 0.25) is 0 Å². The zero-order valence-electron chi connectivity index (χ0n) is 15.9. The van der Waals surface area contributed by atoms with Crippen LogP contribution < -0.4 is 15.0 Å². The quantitative estimate of drug-likeness (QED) is 0.702. The molecule has 0 spiro atoms. The van der Waals surface area contributed by atoms with Crippen molar-refractivity contribution < 1.29 is 9.47 Å². The summed E-state index contributed by atoms with van der Waals surface area (Å²) in [5, 5.41) is 0. The Morgan fingerprint density at radius 1 is 1.14 bits per heavy atom. The van der Waals surface area contributed by atoms with Crippen molar-refractivity contribution >= 4 is 5.65 Å². The third-order valence-corrected chi connectivity index (χ3v) is 5.62. The maximum atomic E-state index is 12.5. The van der Waals surface area contributed by atoms with E-state index in [1.54, 1.807) is 16.7 Å². The van der Waals surface area contributed by atoms with Crippen LogP contribution in [0.3, 0.4) is 0 Å². The molecule has 1 saturated heterocycles. The van der Waals surface area contributed by atoms with Gasteiger partial charge in [0.1, 0.15) is 18.9 Å². The van der Waals surface area contributed by atoms with Crippen LogP contribution in [0, 0.1) is 6.92 Å². The largest absolute Gasteiger partial charge is 0.486 e. The van der Waals surface area contributed by atoms with E-state index in [1.807, 2.05) is 25.1 Å². The lowest BCUT2D eigenvalue weighted by molar-refractivity contribution is 0.170. The molecule has 144 valence electrons. The predicted molar refractivity (Wildman–Crippen MR) is 106 cm³/mol. The Balaban J connectivity index is 1.44. The zero-order chi connectivity index (χ0) is 19.1. The first-order valence-electron chi connectivity index (χ1n) is 9.80. The van der Waals surface area contributed by atoms with E-state index in [4.69, 9.17) is 14.5 Å². The Hall–Kier alpha value is -2.86. The lowest BCUT2D eigenvalue weighted by Gasteiger charge is -2.26. The lowest BCUT2D eigenvalue weighted by Crippen LogP contribution is -2.25. The first kappa shape index (κ1) is 17.3. The Morgan fingerprint density at radius 3 is 2.89 bits per heavy atom. The van der Waals surface area contributed by atoms with E-state index in [9.17, 15) is 4.79 Å². The highest BCUT2D eigenvalue weighted by molar-refractivity contribution is 5.47. The molecule has 5 rings (SSSR count). The first-order valence-corrected chi connectivity index (χ1v) is 9.80. The molecule has 6 nitrogen and oxygen atoms in total. The van der Waals surface area contributed by atoms with E-state index in [-0.39, 0.29) is 5.56 Å². The van der Waals surface area contributed by atoms with Crippen LogP contribution in [-0.2, 0) is 6.54 Å². The summed E-state index contributed by atoms with van der Waals surface area (Å²) in [5.41, 5.74) is 3.77. The number of hydrogen-bond acceptors (Lipinski definition) is 5. The number of nitrogens with zero attached hydrogens (tertiary/aromatic N) is 3. The van der Waals surface area contributed by atoms with Crippen molar-refractivity contribution in [3.05, 3.63) is 69.8 Å². The van der Waals surface area contributed by atoms with Crippen molar-refractivity contribution in [1.82, 2.24) is 14.3 Å². The van der Waals surface area contributed by atoms with Gasteiger partial charge in [0.25, 0.3) is 5.56 Å². The molecule has 0 amide bonds. The minimum absolute atomic E-state index is 0.0289. The van der Waals surface area contributed by atoms with Crippen LogP contribution in [0.5, 0.6) is 11.5 Å². The lowest BCUT2D eigenvalue weighted by atomic mass is 10.0. The SMILES string of the molecule is Cc1cccn2c(=O)cc(CN3CCCC3c3ccc4c(c3)OCCO4)nc12. The molecule has 0 N–H and O–H groups in total. The average molecular weight is 377 g/mol. The minimum atomic E-state index is -0.0289. The number of rotatable bonds is 3. The van der Waals surface area contributed by atoms with Crippen LogP contribution >= 0.6 is 0 Å². The molecule has 0 radical (unpaired) electrons. The third kappa shape index (κ3) is 3.03. The molecule has 1 fully saturated rings. The Kier molecular flexibility index (Phi) is 4.28. The molecule has 0 aliphatic carbocycles. The van der Waals surface area contributed by atoms with Gasteiger partial charge in [-0.25, -0.2) is 4.98 Å². The molecule has 2 aliphatic heterocycles. The van der Waals surface area contributed by atoms with E-state index in [0.29, 0.717) is 25.8 Å². The monoisotopic (exact) mass is 377 g/mol. The fraction of sp³-hybridized carbons (Fsp3) is 0.364. The number of ether oxygens (including phenoxy) is 2. The second-order valence-electron chi connectivity index (χ2n) is 7.50. The molecule has 1 atom stereocenters. The first-order chi connectivity index (χ1) is 13.7. The van der Waals surface area contributed by atoms with E-state index >= 15 is 0 Å². The van der Waals surface area contributed by atoms with Crippen LogP contribution in [-0.4, -0.2) is 34.0 Å². The molecule has 4 heterocycles. The molecule has 28 heavy (non-hydrogen) atoms. The summed E-state index contributed by atoms with van der Waals surface area (Å²) in [6, 6.07) is 12.1. The van der Waals surface area contributed by atoms with E-state index in [1.165, 1.54) is 5.56 Å². The molecule has 0 bridgehead atoms. The number of pyridine rings is 1. The Bertz CT molecular complexity index is 1090. The van der Waals surface area contributed by atoms with Gasteiger partial charge in [-0.05, 0) is 55.6 Å². The van der Waals surface area contributed by atoms with Gasteiger partial charge in [-0.3, -0.25) is 14.1 Å². The molecule has 1 aromatic carbocycles. The highest BCUT2D eigenvalue weighted by Crippen LogP contribution is 2.38. The minimum Gasteiger partial charge on any atom is -0.486 e. The van der Waals surface area contributed by atoms with Crippen molar-refractivity contribution in [1.29, 1.82) is 0 Å². The number of aromatic nitrogens is 2. The number of benzene rings is 1. The van der Waals surface area contributed by atoms with Gasteiger partial charge < -0.3 is 9.47 Å². The summed E-state index contributed by atoms with van der Waals surface area (Å²) in [6.07, 6.45) is 3.99. The molecule has 6 heteroatoms. The smallest absolute Gasteiger partial charge is 0.258 e. The van der Waals surface area contributed by atoms with Crippen LogP contribution in [0.1, 0.15) is 35.7 Å². The normalized spacial score (nSPS) is 19.2. The maximum absolute atomic E-state index is 12.5. The summed E-state index contributed by atoms with van der Waals surface area (Å²) in [4.78, 5) is 19.7. The average Bonchev–Trinajstić information content (AvgIpc) is 3.16. The highest BCUT2D eigenvalue weighted by Gasteiger charge is 2.28. The summed E-state index contributed by atoms with van der Waals surface area (Å²) < 4.78 is 13.0. The third-order valence-electron chi connectivity index (χ3n) is 5.62. The summed E-state index contributed by atoms with van der Waals surface area (Å²) in [7, 11) is 0.